The van der Waals surface area contributed by atoms with E-state index in [1.54, 1.807) is 0 Å². The van der Waals surface area contributed by atoms with Gasteiger partial charge in [0.25, 0.3) is 0 Å². The molecular weight excluding hydrogens is 699 g/mol. The number of benzene rings is 8. The molecule has 0 atom stereocenters. The Morgan fingerprint density at radius 1 is 0.368 bits per heavy atom. The minimum atomic E-state index is -0.543. The Hall–Kier alpha value is -7.63. The number of nitrogens with zero attached hydrogens (tertiary/aromatic N) is 3. The summed E-state index contributed by atoms with van der Waals surface area (Å²) in [5.74, 6) is 3.59. The van der Waals surface area contributed by atoms with Crippen molar-refractivity contribution in [1.29, 1.82) is 0 Å². The lowest BCUT2D eigenvalue weighted by atomic mass is 9.66. The van der Waals surface area contributed by atoms with Crippen LogP contribution in [0.1, 0.15) is 22.3 Å². The van der Waals surface area contributed by atoms with Gasteiger partial charge >= 0.3 is 0 Å². The molecule has 12 rings (SSSR count). The first-order valence-corrected chi connectivity index (χ1v) is 19.2. The lowest BCUT2D eigenvalue weighted by molar-refractivity contribution is 0.436. The van der Waals surface area contributed by atoms with Crippen molar-refractivity contribution in [2.75, 3.05) is 0 Å². The molecule has 0 N–H and O–H groups in total. The van der Waals surface area contributed by atoms with Crippen LogP contribution in [0.5, 0.6) is 11.5 Å². The first kappa shape index (κ1) is 31.7. The van der Waals surface area contributed by atoms with E-state index in [0.717, 1.165) is 72.4 Å². The third-order valence-electron chi connectivity index (χ3n) is 11.6. The summed E-state index contributed by atoms with van der Waals surface area (Å²) >= 11 is 0. The lowest BCUT2D eigenvalue weighted by Gasteiger charge is -2.39. The molecule has 2 aromatic heterocycles. The lowest BCUT2D eigenvalue weighted by Crippen LogP contribution is -2.32. The molecule has 3 heterocycles. The van der Waals surface area contributed by atoms with Gasteiger partial charge in [-0.3, -0.25) is 0 Å². The Balaban J connectivity index is 1.09. The van der Waals surface area contributed by atoms with Gasteiger partial charge in [0.15, 0.2) is 17.5 Å². The molecule has 0 amide bonds. The van der Waals surface area contributed by atoms with E-state index in [4.69, 9.17) is 24.1 Å². The molecule has 0 saturated heterocycles. The first-order chi connectivity index (χ1) is 28.3. The average Bonchev–Trinajstić information content (AvgIpc) is 3.81. The van der Waals surface area contributed by atoms with Gasteiger partial charge in [-0.1, -0.05) is 158 Å². The molecule has 1 spiro atoms. The molecule has 10 aromatic rings. The fraction of sp³-hybridized carbons (Fsp3) is 0.0192. The number of hydrogen-bond donors (Lipinski definition) is 0. The second-order valence-corrected chi connectivity index (χ2v) is 14.6. The van der Waals surface area contributed by atoms with Crippen LogP contribution in [0.2, 0.25) is 0 Å². The van der Waals surface area contributed by atoms with Gasteiger partial charge in [-0.25, -0.2) is 15.0 Å². The van der Waals surface area contributed by atoms with Crippen molar-refractivity contribution in [2.24, 2.45) is 0 Å². The monoisotopic (exact) mass is 729 g/mol. The molecule has 2 aliphatic rings. The zero-order valence-electron chi connectivity index (χ0n) is 30.6. The van der Waals surface area contributed by atoms with Gasteiger partial charge in [0.05, 0.1) is 5.41 Å². The van der Waals surface area contributed by atoms with Gasteiger partial charge in [-0.2, -0.15) is 0 Å². The van der Waals surface area contributed by atoms with Gasteiger partial charge < -0.3 is 9.15 Å². The average molecular weight is 730 g/mol. The van der Waals surface area contributed by atoms with Crippen LogP contribution in [-0.4, -0.2) is 15.0 Å². The molecule has 0 bridgehead atoms. The van der Waals surface area contributed by atoms with E-state index >= 15 is 0 Å². The summed E-state index contributed by atoms with van der Waals surface area (Å²) in [6, 6.07) is 65.4. The summed E-state index contributed by atoms with van der Waals surface area (Å²) in [7, 11) is 0. The van der Waals surface area contributed by atoms with E-state index in [1.165, 1.54) is 22.3 Å². The molecule has 1 aliphatic heterocycles. The van der Waals surface area contributed by atoms with Crippen molar-refractivity contribution in [1.82, 2.24) is 15.0 Å². The largest absolute Gasteiger partial charge is 0.457 e. The van der Waals surface area contributed by atoms with Crippen LogP contribution in [0, 0.1) is 0 Å². The third kappa shape index (κ3) is 4.60. The molecule has 266 valence electrons. The van der Waals surface area contributed by atoms with E-state index in [0.29, 0.717) is 17.5 Å². The Morgan fingerprint density at radius 2 is 0.912 bits per heavy atom. The second-order valence-electron chi connectivity index (χ2n) is 14.6. The van der Waals surface area contributed by atoms with E-state index in [9.17, 15) is 0 Å². The summed E-state index contributed by atoms with van der Waals surface area (Å²) in [4.78, 5) is 15.1. The van der Waals surface area contributed by atoms with Gasteiger partial charge in [-0.05, 0) is 63.7 Å². The number of rotatable bonds is 4. The van der Waals surface area contributed by atoms with Crippen molar-refractivity contribution < 1.29 is 9.15 Å². The number of ether oxygens (including phenoxy) is 1. The minimum Gasteiger partial charge on any atom is -0.457 e. The summed E-state index contributed by atoms with van der Waals surface area (Å²) in [5, 5.41) is 1.97. The van der Waals surface area contributed by atoms with Crippen LogP contribution >= 0.6 is 0 Å². The maximum Gasteiger partial charge on any atom is 0.164 e. The summed E-state index contributed by atoms with van der Waals surface area (Å²) < 4.78 is 13.1. The second kappa shape index (κ2) is 12.2. The van der Waals surface area contributed by atoms with Crippen molar-refractivity contribution in [3.8, 4) is 67.9 Å². The van der Waals surface area contributed by atoms with Crippen molar-refractivity contribution >= 4 is 21.9 Å². The summed E-state index contributed by atoms with van der Waals surface area (Å²) in [6.07, 6.45) is 0. The summed E-state index contributed by atoms with van der Waals surface area (Å²) in [5.41, 5.74) is 13.3. The van der Waals surface area contributed by atoms with Crippen molar-refractivity contribution in [2.45, 2.75) is 5.41 Å². The SMILES string of the molecule is c1ccc(-c2nc(-c3ccccc3)nc(-c3cccc4oc5ccc(-c6cccc7c6-c6ccccc6C76c7ccccc7Oc7ccccc76)cc5c34)n2)cc1. The van der Waals surface area contributed by atoms with Crippen LogP contribution in [0.25, 0.3) is 78.4 Å². The zero-order valence-corrected chi connectivity index (χ0v) is 30.6. The van der Waals surface area contributed by atoms with Gasteiger partial charge in [0, 0.05) is 38.6 Å². The van der Waals surface area contributed by atoms with Gasteiger partial charge in [-0.15, -0.1) is 0 Å². The van der Waals surface area contributed by atoms with E-state index in [1.807, 2.05) is 72.8 Å². The molecule has 0 saturated carbocycles. The smallest absolute Gasteiger partial charge is 0.164 e. The van der Waals surface area contributed by atoms with E-state index < -0.39 is 5.41 Å². The molecule has 0 unspecified atom stereocenters. The van der Waals surface area contributed by atoms with E-state index in [-0.39, 0.29) is 0 Å². The van der Waals surface area contributed by atoms with E-state index in [2.05, 4.69) is 115 Å². The Kier molecular flexibility index (Phi) is 6.78. The zero-order chi connectivity index (χ0) is 37.5. The normalized spacial score (nSPS) is 13.2. The Bertz CT molecular complexity index is 3120. The number of hydrogen-bond acceptors (Lipinski definition) is 5. The van der Waals surface area contributed by atoms with Gasteiger partial charge in [0.2, 0.25) is 0 Å². The standard InChI is InChI=1S/C52H31N3O2/c1-3-15-32(16-4-1)49-53-50(33-17-5-2-6-18-33)55-51(54-49)37-21-14-28-46-48(37)38-31-34(29-30-43(38)56-46)35-20-13-25-42-47(35)36-19-7-8-22-39(36)52(42)40-23-9-11-26-44(40)57-45-27-12-10-24-41(45)52/h1-31H. The van der Waals surface area contributed by atoms with Crippen LogP contribution in [-0.2, 0) is 5.41 Å². The predicted octanol–water partition coefficient (Wildman–Crippen LogP) is 12.9. The third-order valence-corrected chi connectivity index (χ3v) is 11.6. The number of para-hydroxylation sites is 2. The summed E-state index contributed by atoms with van der Waals surface area (Å²) in [6.45, 7) is 0. The quantitative estimate of drug-likeness (QED) is 0.180. The van der Waals surface area contributed by atoms with Crippen molar-refractivity contribution in [3.63, 3.8) is 0 Å². The maximum absolute atomic E-state index is 6.58. The molecule has 8 aromatic carbocycles. The molecule has 1 aliphatic carbocycles. The topological polar surface area (TPSA) is 61.0 Å². The number of fused-ring (bicyclic) bond motifs is 12. The highest BCUT2D eigenvalue weighted by Gasteiger charge is 2.51. The molecule has 5 nitrogen and oxygen atoms in total. The maximum atomic E-state index is 6.58. The Labute approximate surface area is 328 Å². The van der Waals surface area contributed by atoms with Crippen LogP contribution in [0.15, 0.2) is 192 Å². The highest BCUT2D eigenvalue weighted by molar-refractivity contribution is 6.13. The molecule has 5 heteroatoms. The Morgan fingerprint density at radius 3 is 1.61 bits per heavy atom. The molecule has 57 heavy (non-hydrogen) atoms. The fourth-order valence-electron chi connectivity index (χ4n) is 9.25. The first-order valence-electron chi connectivity index (χ1n) is 19.2. The minimum absolute atomic E-state index is 0.543. The number of furan rings is 1. The fourth-order valence-corrected chi connectivity index (χ4v) is 9.25. The van der Waals surface area contributed by atoms with Gasteiger partial charge in [0.1, 0.15) is 22.7 Å². The molecule has 0 fully saturated rings. The van der Waals surface area contributed by atoms with Crippen LogP contribution < -0.4 is 4.74 Å². The molecule has 0 radical (unpaired) electrons. The molecular formula is C52H31N3O2. The highest BCUT2D eigenvalue weighted by atomic mass is 16.5. The van der Waals surface area contributed by atoms with Crippen LogP contribution in [0.3, 0.4) is 0 Å². The van der Waals surface area contributed by atoms with Crippen molar-refractivity contribution in [3.05, 3.63) is 210 Å². The highest BCUT2D eigenvalue weighted by Crippen LogP contribution is 2.63. The number of aromatic nitrogens is 3. The van der Waals surface area contributed by atoms with Crippen LogP contribution in [0.4, 0.5) is 0 Å². The predicted molar refractivity (Wildman–Crippen MR) is 226 cm³/mol.